The highest BCUT2D eigenvalue weighted by molar-refractivity contribution is 5.86. The van der Waals surface area contributed by atoms with Gasteiger partial charge in [-0.05, 0) is 42.9 Å². The molecule has 21 heavy (non-hydrogen) atoms. The van der Waals surface area contributed by atoms with E-state index >= 15 is 0 Å². The van der Waals surface area contributed by atoms with Crippen LogP contribution in [0.4, 0.5) is 0 Å². The number of pyridine rings is 1. The first-order valence-corrected chi connectivity index (χ1v) is 7.70. The number of rotatable bonds is 2. The van der Waals surface area contributed by atoms with Crippen molar-refractivity contribution in [3.8, 4) is 5.75 Å². The van der Waals surface area contributed by atoms with Crippen molar-refractivity contribution < 1.29 is 9.47 Å². The number of aryl methyl sites for hydroxylation is 1. The number of ether oxygens (including phenoxy) is 2. The summed E-state index contributed by atoms with van der Waals surface area (Å²) in [6.45, 7) is 6.14. The molecule has 2 aliphatic rings. The minimum atomic E-state index is 0.322. The fraction of sp³-hybridized carbons (Fsp3) is 0.500. The zero-order valence-corrected chi connectivity index (χ0v) is 12.8. The van der Waals surface area contributed by atoms with Crippen molar-refractivity contribution in [1.82, 2.24) is 4.98 Å². The Morgan fingerprint density at radius 3 is 2.95 bits per heavy atom. The first kappa shape index (κ1) is 13.1. The molecule has 3 atom stereocenters. The lowest BCUT2D eigenvalue weighted by atomic mass is 9.87. The van der Waals surface area contributed by atoms with Crippen molar-refractivity contribution >= 4 is 10.9 Å². The normalized spacial score (nSPS) is 31.0. The molecule has 1 aliphatic carbocycles. The molecule has 1 saturated heterocycles. The zero-order valence-electron chi connectivity index (χ0n) is 12.8. The first-order chi connectivity index (χ1) is 10.2. The third kappa shape index (κ3) is 1.73. The van der Waals surface area contributed by atoms with Gasteiger partial charge in [0.2, 0.25) is 0 Å². The maximum Gasteiger partial charge on any atom is 0.130 e. The highest BCUT2D eigenvalue weighted by atomic mass is 16.5. The standard InChI is InChI=1S/C18H21NO2/c1-11-8-17(20-3)14-9-13(4-5-16(14)19-11)18-6-7-21-10-15(18)12(18)2/h4-5,8-9,12,15H,6-7,10H2,1-3H3. The summed E-state index contributed by atoms with van der Waals surface area (Å²) in [6.07, 6.45) is 1.13. The van der Waals surface area contributed by atoms with Crippen LogP contribution in [0.5, 0.6) is 5.75 Å². The molecule has 0 radical (unpaired) electrons. The predicted molar refractivity (Wildman–Crippen MR) is 82.8 cm³/mol. The van der Waals surface area contributed by atoms with Crippen molar-refractivity contribution in [3.05, 3.63) is 35.5 Å². The van der Waals surface area contributed by atoms with Gasteiger partial charge >= 0.3 is 0 Å². The zero-order chi connectivity index (χ0) is 14.6. The molecule has 4 rings (SSSR count). The summed E-state index contributed by atoms with van der Waals surface area (Å²) >= 11 is 0. The van der Waals surface area contributed by atoms with Crippen LogP contribution in [0.2, 0.25) is 0 Å². The number of nitrogens with zero attached hydrogens (tertiary/aromatic N) is 1. The lowest BCUT2D eigenvalue weighted by Gasteiger charge is -2.23. The van der Waals surface area contributed by atoms with E-state index in [1.54, 1.807) is 7.11 Å². The van der Waals surface area contributed by atoms with E-state index in [0.29, 0.717) is 17.3 Å². The topological polar surface area (TPSA) is 31.4 Å². The van der Waals surface area contributed by atoms with Crippen LogP contribution in [-0.4, -0.2) is 25.3 Å². The van der Waals surface area contributed by atoms with Gasteiger partial charge in [-0.1, -0.05) is 13.0 Å². The van der Waals surface area contributed by atoms with E-state index in [0.717, 1.165) is 42.0 Å². The molecule has 1 aromatic heterocycles. The highest BCUT2D eigenvalue weighted by Gasteiger charge is 2.63. The molecule has 1 aromatic carbocycles. The Morgan fingerprint density at radius 1 is 1.33 bits per heavy atom. The number of fused-ring (bicyclic) bond motifs is 2. The summed E-state index contributed by atoms with van der Waals surface area (Å²) in [7, 11) is 1.73. The fourth-order valence-corrected chi connectivity index (χ4v) is 4.28. The molecule has 110 valence electrons. The quantitative estimate of drug-likeness (QED) is 0.845. The molecule has 3 nitrogen and oxygen atoms in total. The second kappa shape index (κ2) is 4.44. The number of hydrogen-bond donors (Lipinski definition) is 0. The Kier molecular flexibility index (Phi) is 2.77. The largest absolute Gasteiger partial charge is 0.496 e. The molecule has 2 heterocycles. The maximum absolute atomic E-state index is 5.65. The van der Waals surface area contributed by atoms with Gasteiger partial charge in [0.15, 0.2) is 0 Å². The summed E-state index contributed by atoms with van der Waals surface area (Å²) in [5.74, 6) is 2.31. The van der Waals surface area contributed by atoms with Crippen molar-refractivity contribution in [2.24, 2.45) is 11.8 Å². The summed E-state index contributed by atoms with van der Waals surface area (Å²) in [6, 6.07) is 8.71. The third-order valence-electron chi connectivity index (χ3n) is 5.58. The van der Waals surface area contributed by atoms with Crippen molar-refractivity contribution in [3.63, 3.8) is 0 Å². The first-order valence-electron chi connectivity index (χ1n) is 7.70. The molecule has 1 aliphatic heterocycles. The van der Waals surface area contributed by atoms with Gasteiger partial charge in [-0.25, -0.2) is 0 Å². The Labute approximate surface area is 125 Å². The third-order valence-corrected chi connectivity index (χ3v) is 5.58. The van der Waals surface area contributed by atoms with Crippen LogP contribution in [0, 0.1) is 18.8 Å². The van der Waals surface area contributed by atoms with Crippen LogP contribution in [0.25, 0.3) is 10.9 Å². The molecule has 2 fully saturated rings. The summed E-state index contributed by atoms with van der Waals surface area (Å²) in [5, 5.41) is 1.12. The van der Waals surface area contributed by atoms with Gasteiger partial charge in [-0.15, -0.1) is 0 Å². The highest BCUT2D eigenvalue weighted by Crippen LogP contribution is 2.63. The monoisotopic (exact) mass is 283 g/mol. The van der Waals surface area contributed by atoms with E-state index < -0.39 is 0 Å². The van der Waals surface area contributed by atoms with Crippen molar-refractivity contribution in [2.45, 2.75) is 25.7 Å². The molecule has 0 amide bonds. The van der Waals surface area contributed by atoms with E-state index in [1.165, 1.54) is 5.56 Å². The Morgan fingerprint density at radius 2 is 2.19 bits per heavy atom. The summed E-state index contributed by atoms with van der Waals surface area (Å²) in [5.41, 5.74) is 3.76. The van der Waals surface area contributed by atoms with Crippen LogP contribution in [0.3, 0.4) is 0 Å². The molecule has 0 N–H and O–H groups in total. The summed E-state index contributed by atoms with van der Waals surface area (Å²) < 4.78 is 11.2. The number of benzene rings is 1. The second-order valence-corrected chi connectivity index (χ2v) is 6.46. The van der Waals surface area contributed by atoms with E-state index in [-0.39, 0.29) is 0 Å². The predicted octanol–water partition coefficient (Wildman–Crippen LogP) is 3.48. The number of aromatic nitrogens is 1. The van der Waals surface area contributed by atoms with Crippen LogP contribution < -0.4 is 4.74 Å². The van der Waals surface area contributed by atoms with Gasteiger partial charge in [0.1, 0.15) is 5.75 Å². The van der Waals surface area contributed by atoms with E-state index in [9.17, 15) is 0 Å². The average molecular weight is 283 g/mol. The van der Waals surface area contributed by atoms with Crippen LogP contribution in [-0.2, 0) is 10.2 Å². The SMILES string of the molecule is COc1cc(C)nc2ccc(C34CCOCC3C4C)cc12. The second-order valence-electron chi connectivity index (χ2n) is 6.46. The van der Waals surface area contributed by atoms with Crippen LogP contribution >= 0.6 is 0 Å². The van der Waals surface area contributed by atoms with Crippen LogP contribution in [0.15, 0.2) is 24.3 Å². The molecule has 2 aromatic rings. The Hall–Kier alpha value is -1.61. The molecular weight excluding hydrogens is 262 g/mol. The number of hydrogen-bond acceptors (Lipinski definition) is 3. The molecule has 1 saturated carbocycles. The van der Waals surface area contributed by atoms with Crippen molar-refractivity contribution in [1.29, 1.82) is 0 Å². The summed E-state index contributed by atoms with van der Waals surface area (Å²) in [4.78, 5) is 4.62. The van der Waals surface area contributed by atoms with Crippen molar-refractivity contribution in [2.75, 3.05) is 20.3 Å². The average Bonchev–Trinajstić information content (AvgIpc) is 3.12. The minimum absolute atomic E-state index is 0.322. The number of methoxy groups -OCH3 is 1. The molecule has 3 heteroatoms. The smallest absolute Gasteiger partial charge is 0.130 e. The lowest BCUT2D eigenvalue weighted by molar-refractivity contribution is 0.0801. The van der Waals surface area contributed by atoms with E-state index in [4.69, 9.17) is 9.47 Å². The Balaban J connectivity index is 1.86. The molecule has 3 unspecified atom stereocenters. The fourth-order valence-electron chi connectivity index (χ4n) is 4.28. The minimum Gasteiger partial charge on any atom is -0.496 e. The van der Waals surface area contributed by atoms with Crippen LogP contribution in [0.1, 0.15) is 24.6 Å². The molecule has 0 spiro atoms. The molecular formula is C18H21NO2. The molecule has 0 bridgehead atoms. The van der Waals surface area contributed by atoms with Gasteiger partial charge in [-0.2, -0.15) is 0 Å². The lowest BCUT2D eigenvalue weighted by Crippen LogP contribution is -2.21. The Bertz CT molecular complexity index is 712. The van der Waals surface area contributed by atoms with Gasteiger partial charge < -0.3 is 9.47 Å². The van der Waals surface area contributed by atoms with Gasteiger partial charge in [0.05, 0.1) is 19.2 Å². The van der Waals surface area contributed by atoms with E-state index in [2.05, 4.69) is 30.1 Å². The maximum atomic E-state index is 5.65. The van der Waals surface area contributed by atoms with E-state index in [1.807, 2.05) is 13.0 Å². The van der Waals surface area contributed by atoms with Gasteiger partial charge in [0.25, 0.3) is 0 Å². The van der Waals surface area contributed by atoms with Gasteiger partial charge in [-0.3, -0.25) is 4.98 Å². The van der Waals surface area contributed by atoms with Gasteiger partial charge in [0, 0.05) is 29.2 Å².